The number of ether oxygens (including phenoxy) is 1. The van der Waals surface area contributed by atoms with E-state index in [4.69, 9.17) is 4.74 Å². The summed E-state index contributed by atoms with van der Waals surface area (Å²) in [6, 6.07) is 1.90. The largest absolute Gasteiger partial charge is 0.465 e. The van der Waals surface area contributed by atoms with Gasteiger partial charge in [-0.3, -0.25) is 4.68 Å². The molecule has 5 heteroatoms. The van der Waals surface area contributed by atoms with Crippen LogP contribution in [0.25, 0.3) is 11.3 Å². The lowest BCUT2D eigenvalue weighted by Gasteiger charge is -2.04. The first kappa shape index (κ1) is 13.8. The van der Waals surface area contributed by atoms with Crippen LogP contribution in [0.2, 0.25) is 0 Å². The summed E-state index contributed by atoms with van der Waals surface area (Å²) in [5, 5.41) is 4.33. The van der Waals surface area contributed by atoms with Crippen LogP contribution in [0.4, 0.5) is 0 Å². The molecule has 0 aliphatic heterocycles. The van der Waals surface area contributed by atoms with Crippen molar-refractivity contribution in [2.45, 2.75) is 26.7 Å². The maximum atomic E-state index is 11.6. The molecule has 0 amide bonds. The van der Waals surface area contributed by atoms with Crippen LogP contribution >= 0.6 is 11.3 Å². The van der Waals surface area contributed by atoms with E-state index in [1.807, 2.05) is 30.9 Å². The van der Waals surface area contributed by atoms with Crippen LogP contribution in [-0.4, -0.2) is 22.9 Å². The van der Waals surface area contributed by atoms with Crippen LogP contribution in [0.5, 0.6) is 0 Å². The van der Waals surface area contributed by atoms with Gasteiger partial charge in [0.2, 0.25) is 0 Å². The van der Waals surface area contributed by atoms with Gasteiger partial charge in [-0.05, 0) is 25.0 Å². The second kappa shape index (κ2) is 5.57. The lowest BCUT2D eigenvalue weighted by atomic mass is 10.1. The first-order chi connectivity index (χ1) is 9.08. The van der Waals surface area contributed by atoms with Gasteiger partial charge in [-0.15, -0.1) is 11.3 Å². The highest BCUT2D eigenvalue weighted by Crippen LogP contribution is 2.33. The highest BCUT2D eigenvalue weighted by atomic mass is 32.1. The third-order valence-corrected chi connectivity index (χ3v) is 4.12. The summed E-state index contributed by atoms with van der Waals surface area (Å²) in [6.07, 6.45) is 3.98. The molecule has 19 heavy (non-hydrogen) atoms. The zero-order valence-corrected chi connectivity index (χ0v) is 12.5. The highest BCUT2D eigenvalue weighted by molar-refractivity contribution is 7.14. The summed E-state index contributed by atoms with van der Waals surface area (Å²) >= 11 is 1.47. The van der Waals surface area contributed by atoms with E-state index in [1.165, 1.54) is 24.0 Å². The van der Waals surface area contributed by atoms with Crippen molar-refractivity contribution in [2.75, 3.05) is 7.11 Å². The van der Waals surface area contributed by atoms with Crippen LogP contribution in [0.1, 0.15) is 33.5 Å². The molecular formula is C14H18N2O2S. The number of aromatic nitrogens is 2. The standard InChI is InChI=1S/C14H18N2O2S/c1-5-6-10-8-15-16(3)13(10)11-7-12(14(17)18-4)19-9(11)2/h7-8H,5-6H2,1-4H3. The van der Waals surface area contributed by atoms with E-state index in [2.05, 4.69) is 12.0 Å². The Kier molecular flexibility index (Phi) is 4.04. The van der Waals surface area contributed by atoms with Crippen molar-refractivity contribution >= 4 is 17.3 Å². The third kappa shape index (κ3) is 2.56. The number of thiophene rings is 1. The minimum Gasteiger partial charge on any atom is -0.465 e. The van der Waals surface area contributed by atoms with Gasteiger partial charge in [-0.25, -0.2) is 4.79 Å². The van der Waals surface area contributed by atoms with E-state index < -0.39 is 0 Å². The van der Waals surface area contributed by atoms with E-state index in [0.717, 1.165) is 29.0 Å². The van der Waals surface area contributed by atoms with E-state index in [-0.39, 0.29) is 5.97 Å². The van der Waals surface area contributed by atoms with Gasteiger partial charge in [0.1, 0.15) is 4.88 Å². The maximum absolute atomic E-state index is 11.6. The summed E-state index contributed by atoms with van der Waals surface area (Å²) < 4.78 is 6.66. The van der Waals surface area contributed by atoms with Crippen LogP contribution < -0.4 is 0 Å². The summed E-state index contributed by atoms with van der Waals surface area (Å²) in [5.41, 5.74) is 3.40. The predicted molar refractivity (Wildman–Crippen MR) is 76.6 cm³/mol. The van der Waals surface area contributed by atoms with Gasteiger partial charge in [0.25, 0.3) is 0 Å². The second-order valence-electron chi connectivity index (χ2n) is 4.46. The minimum atomic E-state index is -0.279. The molecule has 2 heterocycles. The lowest BCUT2D eigenvalue weighted by molar-refractivity contribution is 0.0606. The predicted octanol–water partition coefficient (Wildman–Crippen LogP) is 3.20. The molecular weight excluding hydrogens is 260 g/mol. The van der Waals surface area contributed by atoms with Crippen molar-refractivity contribution in [1.82, 2.24) is 9.78 Å². The summed E-state index contributed by atoms with van der Waals surface area (Å²) in [5.74, 6) is -0.279. The summed E-state index contributed by atoms with van der Waals surface area (Å²) in [6.45, 7) is 4.17. The SMILES string of the molecule is CCCc1cnn(C)c1-c1cc(C(=O)OC)sc1C. The smallest absolute Gasteiger partial charge is 0.348 e. The quantitative estimate of drug-likeness (QED) is 0.807. The Hall–Kier alpha value is -1.62. The Balaban J connectivity index is 2.50. The molecule has 0 aromatic carbocycles. The average Bonchev–Trinajstić information content (AvgIpc) is 2.93. The molecule has 0 fully saturated rings. The molecule has 0 atom stereocenters. The number of nitrogens with zero attached hydrogens (tertiary/aromatic N) is 2. The third-order valence-electron chi connectivity index (χ3n) is 3.09. The van der Waals surface area contributed by atoms with Crippen molar-refractivity contribution in [3.05, 3.63) is 27.6 Å². The maximum Gasteiger partial charge on any atom is 0.348 e. The Morgan fingerprint density at radius 1 is 1.53 bits per heavy atom. The molecule has 4 nitrogen and oxygen atoms in total. The highest BCUT2D eigenvalue weighted by Gasteiger charge is 2.18. The molecule has 0 aliphatic rings. The number of methoxy groups -OCH3 is 1. The fraction of sp³-hybridized carbons (Fsp3) is 0.429. The van der Waals surface area contributed by atoms with Crippen LogP contribution in [-0.2, 0) is 18.2 Å². The van der Waals surface area contributed by atoms with Crippen molar-refractivity contribution < 1.29 is 9.53 Å². The molecule has 0 saturated carbocycles. The summed E-state index contributed by atoms with van der Waals surface area (Å²) in [7, 11) is 3.34. The fourth-order valence-electron chi connectivity index (χ4n) is 2.20. The Bertz CT molecular complexity index is 599. The monoisotopic (exact) mass is 278 g/mol. The van der Waals surface area contributed by atoms with Gasteiger partial charge < -0.3 is 4.74 Å². The molecule has 2 rings (SSSR count). The molecule has 2 aromatic heterocycles. The molecule has 0 aliphatic carbocycles. The van der Waals surface area contributed by atoms with E-state index >= 15 is 0 Å². The number of rotatable bonds is 4. The number of carbonyl (C=O) groups is 1. The van der Waals surface area contributed by atoms with Crippen LogP contribution in [0, 0.1) is 6.92 Å². The van der Waals surface area contributed by atoms with Crippen molar-refractivity contribution in [3.8, 4) is 11.3 Å². The van der Waals surface area contributed by atoms with Crippen LogP contribution in [0.3, 0.4) is 0 Å². The van der Waals surface area contributed by atoms with E-state index in [1.54, 1.807) is 0 Å². The number of carbonyl (C=O) groups excluding carboxylic acids is 1. The Morgan fingerprint density at radius 3 is 2.89 bits per heavy atom. The van der Waals surface area contributed by atoms with Gasteiger partial charge in [-0.2, -0.15) is 5.10 Å². The van der Waals surface area contributed by atoms with Crippen molar-refractivity contribution in [3.63, 3.8) is 0 Å². The number of esters is 1. The van der Waals surface area contributed by atoms with Gasteiger partial charge in [0, 0.05) is 17.5 Å². The van der Waals surface area contributed by atoms with Crippen molar-refractivity contribution in [1.29, 1.82) is 0 Å². The number of hydrogen-bond acceptors (Lipinski definition) is 4. The molecule has 0 saturated heterocycles. The molecule has 0 N–H and O–H groups in total. The number of hydrogen-bond donors (Lipinski definition) is 0. The molecule has 2 aromatic rings. The number of aryl methyl sites for hydroxylation is 3. The van der Waals surface area contributed by atoms with Gasteiger partial charge in [-0.1, -0.05) is 13.3 Å². The van der Waals surface area contributed by atoms with E-state index in [0.29, 0.717) is 4.88 Å². The Labute approximate surface area is 117 Å². The van der Waals surface area contributed by atoms with E-state index in [9.17, 15) is 4.79 Å². The second-order valence-corrected chi connectivity index (χ2v) is 5.72. The zero-order valence-electron chi connectivity index (χ0n) is 11.7. The minimum absolute atomic E-state index is 0.279. The van der Waals surface area contributed by atoms with Gasteiger partial charge in [0.05, 0.1) is 19.0 Å². The average molecular weight is 278 g/mol. The van der Waals surface area contributed by atoms with Gasteiger partial charge in [0.15, 0.2) is 0 Å². The topological polar surface area (TPSA) is 44.1 Å². The molecule has 0 unspecified atom stereocenters. The molecule has 0 radical (unpaired) electrons. The first-order valence-electron chi connectivity index (χ1n) is 6.28. The van der Waals surface area contributed by atoms with Crippen molar-refractivity contribution in [2.24, 2.45) is 7.05 Å². The normalized spacial score (nSPS) is 10.7. The molecule has 102 valence electrons. The fourth-order valence-corrected chi connectivity index (χ4v) is 3.14. The lowest BCUT2D eigenvalue weighted by Crippen LogP contribution is -1.98. The summed E-state index contributed by atoms with van der Waals surface area (Å²) in [4.78, 5) is 13.4. The van der Waals surface area contributed by atoms with Gasteiger partial charge >= 0.3 is 5.97 Å². The Morgan fingerprint density at radius 2 is 2.26 bits per heavy atom. The van der Waals surface area contributed by atoms with Crippen LogP contribution in [0.15, 0.2) is 12.3 Å². The first-order valence-corrected chi connectivity index (χ1v) is 7.10. The molecule has 0 bridgehead atoms. The zero-order chi connectivity index (χ0) is 14.0. The molecule has 0 spiro atoms.